The third-order valence-electron chi connectivity index (χ3n) is 4.55. The Balaban J connectivity index is 0.000000234. The number of hydrogen-bond donors (Lipinski definition) is 1. The zero-order valence-electron chi connectivity index (χ0n) is 17.6. The van der Waals surface area contributed by atoms with Crippen molar-refractivity contribution in [2.45, 2.75) is 37.1 Å². The fraction of sp³-hybridized carbons (Fsp3) is 0.444. The number of piperidine rings is 1. The summed E-state index contributed by atoms with van der Waals surface area (Å²) in [7, 11) is -1.92. The molecule has 9 nitrogen and oxygen atoms in total. The maximum Gasteiger partial charge on any atom is 0.420 e. The summed E-state index contributed by atoms with van der Waals surface area (Å²) in [5, 5.41) is 0.174. The molecule has 3 aromatic heterocycles. The van der Waals surface area contributed by atoms with Crippen LogP contribution in [0.4, 0.5) is 23.5 Å². The van der Waals surface area contributed by atoms with Crippen LogP contribution in [0, 0.1) is 6.92 Å². The maximum atomic E-state index is 13.2. The number of rotatable bonds is 3. The minimum absolute atomic E-state index is 0. The molecule has 0 spiro atoms. The summed E-state index contributed by atoms with van der Waals surface area (Å²) in [4.78, 5) is 15.4. The number of imidazole rings is 1. The molecule has 3 aromatic rings. The van der Waals surface area contributed by atoms with Crippen LogP contribution in [0.1, 0.15) is 24.7 Å². The zero-order valence-corrected chi connectivity index (χ0v) is 19.3. The van der Waals surface area contributed by atoms with Gasteiger partial charge in [0.25, 0.3) is 10.0 Å². The molecule has 0 aromatic carbocycles. The van der Waals surface area contributed by atoms with Gasteiger partial charge in [-0.25, -0.2) is 32.7 Å². The van der Waals surface area contributed by atoms with Crippen molar-refractivity contribution in [1.29, 1.82) is 0 Å². The van der Waals surface area contributed by atoms with E-state index < -0.39 is 27.9 Å². The minimum atomic E-state index is -4.53. The highest BCUT2D eigenvalue weighted by Gasteiger charge is 2.36. The van der Waals surface area contributed by atoms with E-state index in [9.17, 15) is 26.0 Å². The molecule has 0 amide bonds. The van der Waals surface area contributed by atoms with Crippen molar-refractivity contribution in [1.82, 2.24) is 28.8 Å². The summed E-state index contributed by atoms with van der Waals surface area (Å²) in [6.45, 7) is 2.07. The fourth-order valence-corrected chi connectivity index (χ4v) is 5.24. The molecular weight excluding hydrogens is 486 g/mol. The van der Waals surface area contributed by atoms with Crippen molar-refractivity contribution in [3.8, 4) is 10.7 Å². The second-order valence-electron chi connectivity index (χ2n) is 7.24. The van der Waals surface area contributed by atoms with Crippen molar-refractivity contribution in [3.05, 3.63) is 35.4 Å². The molecule has 0 saturated carbocycles. The van der Waals surface area contributed by atoms with Crippen LogP contribution in [0.2, 0.25) is 0 Å². The summed E-state index contributed by atoms with van der Waals surface area (Å²) in [6, 6.07) is 0. The highest BCUT2D eigenvalue weighted by atomic mass is 32.2. The summed E-state index contributed by atoms with van der Waals surface area (Å²) in [5.41, 5.74) is 4.10. The Morgan fingerprint density at radius 3 is 2.52 bits per heavy atom. The lowest BCUT2D eigenvalue weighted by Gasteiger charge is -2.27. The number of sulfonamides is 1. The van der Waals surface area contributed by atoms with E-state index in [4.69, 9.17) is 5.73 Å². The number of alkyl halides is 4. The smallest absolute Gasteiger partial charge is 0.368 e. The van der Waals surface area contributed by atoms with E-state index in [1.54, 1.807) is 18.5 Å². The molecule has 1 atom stereocenters. The Morgan fingerprint density at radius 1 is 1.24 bits per heavy atom. The number of nitrogens with two attached hydrogens (primary N) is 1. The summed E-state index contributed by atoms with van der Waals surface area (Å²) < 4.78 is 78.1. The standard InChI is InChI=1S/C9H7F3N4S.C9H14FN3O2S.H2/c1-4-2-14-7(17-4)6-5(9(10,11)12)3-15-8(13)16-6;1-12-6-9(11-7-12)16(14,15)13-4-2-3-8(10)5-13;/h2-3H,1H3,(H2,13,15,16);6-8H,2-5H2,1H3;1H/t;8-;/m.0./s1. The molecule has 0 aliphatic carbocycles. The van der Waals surface area contributed by atoms with Gasteiger partial charge in [0.05, 0.1) is 6.33 Å². The van der Waals surface area contributed by atoms with Crippen molar-refractivity contribution in [3.63, 3.8) is 0 Å². The Morgan fingerprint density at radius 2 is 1.97 bits per heavy atom. The van der Waals surface area contributed by atoms with Crippen LogP contribution in [0.25, 0.3) is 10.7 Å². The topological polar surface area (TPSA) is 120 Å². The predicted molar refractivity (Wildman–Crippen MR) is 116 cm³/mol. The molecule has 15 heteroatoms. The van der Waals surface area contributed by atoms with Crippen molar-refractivity contribution >= 4 is 27.3 Å². The number of aromatic nitrogens is 5. The Hall–Kier alpha value is -2.65. The van der Waals surface area contributed by atoms with Crippen molar-refractivity contribution in [2.24, 2.45) is 7.05 Å². The average molecular weight is 510 g/mol. The van der Waals surface area contributed by atoms with E-state index in [2.05, 4.69) is 19.9 Å². The SMILES string of the molecule is Cc1cnc(-c2nc(N)ncc2C(F)(F)F)s1.Cn1cnc(S(=O)(=O)N2CCC[C@H](F)C2)c1.[HH]. The maximum absolute atomic E-state index is 13.2. The van der Waals surface area contributed by atoms with Crippen molar-refractivity contribution in [2.75, 3.05) is 18.8 Å². The molecular formula is C18H23F4N7O2S2. The first-order valence-electron chi connectivity index (χ1n) is 9.62. The molecule has 0 unspecified atom stereocenters. The van der Waals surface area contributed by atoms with Gasteiger partial charge >= 0.3 is 6.18 Å². The van der Waals surface area contributed by atoms with Gasteiger partial charge in [-0.15, -0.1) is 11.3 Å². The van der Waals surface area contributed by atoms with Gasteiger partial charge in [-0.1, -0.05) is 0 Å². The number of nitrogens with zero attached hydrogens (tertiary/aromatic N) is 6. The van der Waals surface area contributed by atoms with E-state index in [0.717, 1.165) is 16.2 Å². The molecule has 4 heterocycles. The van der Waals surface area contributed by atoms with E-state index in [1.807, 2.05) is 0 Å². The molecule has 0 bridgehead atoms. The second-order valence-corrected chi connectivity index (χ2v) is 10.4. The van der Waals surface area contributed by atoms with Gasteiger partial charge in [0.15, 0.2) is 5.03 Å². The number of aryl methyl sites for hydroxylation is 2. The number of nitrogen functional groups attached to an aromatic ring is 1. The highest BCUT2D eigenvalue weighted by molar-refractivity contribution is 7.89. The predicted octanol–water partition coefficient (Wildman–Crippen LogP) is 3.30. The number of anilines is 1. The number of thiazole rings is 1. The molecule has 1 fully saturated rings. The van der Waals surface area contributed by atoms with Gasteiger partial charge in [0.1, 0.15) is 22.4 Å². The van der Waals surface area contributed by atoms with E-state index in [0.29, 0.717) is 25.6 Å². The average Bonchev–Trinajstić information content (AvgIpc) is 3.36. The van der Waals surface area contributed by atoms with Gasteiger partial charge in [0, 0.05) is 45.0 Å². The fourth-order valence-electron chi connectivity index (χ4n) is 3.00. The first-order valence-corrected chi connectivity index (χ1v) is 11.9. The second kappa shape index (κ2) is 9.69. The molecule has 2 N–H and O–H groups in total. The third kappa shape index (κ3) is 6.03. The van der Waals surface area contributed by atoms with Crippen LogP contribution in [0.3, 0.4) is 0 Å². The molecule has 33 heavy (non-hydrogen) atoms. The lowest BCUT2D eigenvalue weighted by atomic mass is 10.1. The molecule has 1 aliphatic heterocycles. The normalized spacial score (nSPS) is 17.5. The van der Waals surface area contributed by atoms with Crippen LogP contribution in [-0.4, -0.2) is 56.5 Å². The molecule has 0 radical (unpaired) electrons. The van der Waals surface area contributed by atoms with Crippen LogP contribution in [0.15, 0.2) is 29.9 Å². The first kappa shape index (κ1) is 25.0. The van der Waals surface area contributed by atoms with Crippen LogP contribution < -0.4 is 5.73 Å². The van der Waals surface area contributed by atoms with Crippen molar-refractivity contribution < 1.29 is 27.4 Å². The van der Waals surface area contributed by atoms with E-state index in [-0.39, 0.29) is 29.6 Å². The zero-order chi connectivity index (χ0) is 24.4. The monoisotopic (exact) mass is 509 g/mol. The van der Waals surface area contributed by atoms with Crippen LogP contribution >= 0.6 is 11.3 Å². The Kier molecular flexibility index (Phi) is 7.33. The minimum Gasteiger partial charge on any atom is -0.368 e. The Bertz CT molecular complexity index is 1220. The molecule has 1 saturated heterocycles. The number of halogens is 4. The summed E-state index contributed by atoms with van der Waals surface area (Å²) in [5.74, 6) is -0.208. The summed E-state index contributed by atoms with van der Waals surface area (Å²) >= 11 is 1.12. The summed E-state index contributed by atoms with van der Waals surface area (Å²) in [6.07, 6.45) is 0.421. The lowest BCUT2D eigenvalue weighted by Crippen LogP contribution is -2.40. The lowest BCUT2D eigenvalue weighted by molar-refractivity contribution is -0.137. The van der Waals surface area contributed by atoms with Crippen LogP contribution in [-0.2, 0) is 23.2 Å². The van der Waals surface area contributed by atoms with Gasteiger partial charge < -0.3 is 10.3 Å². The van der Waals surface area contributed by atoms with Gasteiger partial charge in [-0.05, 0) is 19.8 Å². The van der Waals surface area contributed by atoms with Gasteiger partial charge in [-0.2, -0.15) is 17.5 Å². The third-order valence-corrected chi connectivity index (χ3v) is 7.22. The van der Waals surface area contributed by atoms with E-state index >= 15 is 0 Å². The highest BCUT2D eigenvalue weighted by Crippen LogP contribution is 2.37. The Labute approximate surface area is 192 Å². The van der Waals surface area contributed by atoms with E-state index in [1.165, 1.54) is 23.0 Å². The van der Waals surface area contributed by atoms with Gasteiger partial charge in [0.2, 0.25) is 5.95 Å². The molecule has 4 rings (SSSR count). The van der Waals surface area contributed by atoms with Crippen LogP contribution in [0.5, 0.6) is 0 Å². The molecule has 182 valence electrons. The quantitative estimate of drug-likeness (QED) is 0.538. The number of hydrogen-bond acceptors (Lipinski definition) is 8. The van der Waals surface area contributed by atoms with Gasteiger partial charge in [-0.3, -0.25) is 0 Å². The largest absolute Gasteiger partial charge is 0.420 e. The molecule has 1 aliphatic rings. The first-order chi connectivity index (χ1) is 15.4.